The van der Waals surface area contributed by atoms with Crippen molar-refractivity contribution in [3.8, 4) is 11.8 Å². The molecule has 2 aromatic rings. The van der Waals surface area contributed by atoms with Crippen LogP contribution < -0.4 is 0 Å². The van der Waals surface area contributed by atoms with Crippen LogP contribution in [-0.2, 0) is 31.9 Å². The second-order valence-electron chi connectivity index (χ2n) is 23.7. The van der Waals surface area contributed by atoms with Gasteiger partial charge in [-0.2, -0.15) is 0 Å². The van der Waals surface area contributed by atoms with E-state index < -0.39 is 46.6 Å². The van der Waals surface area contributed by atoms with Crippen molar-refractivity contribution >= 4 is 11.9 Å². The molecule has 5 saturated carbocycles. The quantitative estimate of drug-likeness (QED) is 0.114. The molecule has 5 fully saturated rings. The van der Waals surface area contributed by atoms with Gasteiger partial charge in [0.2, 0.25) is 0 Å². The molecule has 0 saturated heterocycles. The zero-order chi connectivity index (χ0) is 46.3. The Morgan fingerprint density at radius 1 is 0.924 bits per heavy atom. The Hall–Kier alpha value is -3.44. The van der Waals surface area contributed by atoms with E-state index in [1.165, 1.54) is 56.6 Å². The lowest BCUT2D eigenvalue weighted by atomic mass is 9.36. The highest BCUT2D eigenvalue weighted by molar-refractivity contribution is 5.85. The van der Waals surface area contributed by atoms with Crippen LogP contribution in [0, 0.1) is 74.9 Å². The first-order valence-electron chi connectivity index (χ1n) is 26.4. The number of rotatable bonds is 16. The molecule has 4 bridgehead atoms. The van der Waals surface area contributed by atoms with Gasteiger partial charge in [0.15, 0.2) is 0 Å². The molecule has 0 unspecified atom stereocenters. The van der Waals surface area contributed by atoms with Crippen molar-refractivity contribution in [1.29, 1.82) is 0 Å². The molecule has 1 aliphatic heterocycles. The standard InChI is InChI=1S/C59H80O7/c1-40(13-11-18-43-14-7-5-8-15-43)21-24-51(61)59-52(62)28-29-55(4,54(59)50(66-42(3)60)33-41(2)58(59,64)32-26-46-34-53(63)65-38-46)49-27-30-56-36-47(49)20-12-19-45-25-31-57(35-45,39-56)48(37-56)23-22-44-16-9-6-10-17-44/h5-10,14-17,34,40-41,45,47-52,54,61-62,64H,11,13,18-19,21-33,35-39H2,1-4H3/t40-,41-,45-,47-,48-,49+,50-,51+,52-,54+,55+,56-,57-,58-,59+/m1/s1. The van der Waals surface area contributed by atoms with Crippen LogP contribution in [0.25, 0.3) is 0 Å². The van der Waals surface area contributed by atoms with Crippen LogP contribution in [0.15, 0.2) is 72.3 Å². The molecule has 2 spiro atoms. The summed E-state index contributed by atoms with van der Waals surface area (Å²) in [7, 11) is 0. The summed E-state index contributed by atoms with van der Waals surface area (Å²) in [5.74, 6) is 8.13. The molecule has 6 aliphatic carbocycles. The number of fused-ring (bicyclic) bond motifs is 3. The van der Waals surface area contributed by atoms with Crippen LogP contribution in [0.4, 0.5) is 0 Å². The van der Waals surface area contributed by atoms with Gasteiger partial charge in [-0.05, 0) is 185 Å². The van der Waals surface area contributed by atoms with Gasteiger partial charge in [0.25, 0.3) is 0 Å². The lowest BCUT2D eigenvalue weighted by molar-refractivity contribution is -0.328. The average molecular weight is 901 g/mol. The molecule has 7 aliphatic rings. The maximum Gasteiger partial charge on any atom is 0.331 e. The molecule has 3 N–H and O–H groups in total. The second kappa shape index (κ2) is 19.2. The number of benzene rings is 2. The predicted molar refractivity (Wildman–Crippen MR) is 259 cm³/mol. The minimum Gasteiger partial charge on any atom is -0.462 e. The number of esters is 2. The SMILES string of the molecule is CC(=O)O[C@@H]1C[C@@H](C)[C@](O)(CCC2=CC(=O)OC2)[C@@]2([C@@H](O)CC[C@H](C)CCCc3ccccc3)[C@H](O)CC[C@@](C)([C@H]3CC[C@]45C[C@@H](CCc6ccccc6)[C@@]6(CC[C@@H](CC#C[C@@H]3C4)C6)C5)[C@H]12. The summed E-state index contributed by atoms with van der Waals surface area (Å²) in [5, 5.41) is 40.2. The zero-order valence-electron chi connectivity index (χ0n) is 40.7. The fourth-order valence-electron chi connectivity index (χ4n) is 17.0. The topological polar surface area (TPSA) is 113 Å². The minimum atomic E-state index is -1.53. The predicted octanol–water partition coefficient (Wildman–Crippen LogP) is 11.2. The van der Waals surface area contributed by atoms with Crippen molar-refractivity contribution in [2.24, 2.45) is 63.1 Å². The maximum absolute atomic E-state index is 13.9. The monoisotopic (exact) mass is 901 g/mol. The van der Waals surface area contributed by atoms with E-state index in [0.29, 0.717) is 55.3 Å². The number of ether oxygens (including phenoxy) is 2. The Morgan fingerprint density at radius 3 is 2.38 bits per heavy atom. The summed E-state index contributed by atoms with van der Waals surface area (Å²) >= 11 is 0. The highest BCUT2D eigenvalue weighted by Crippen LogP contribution is 2.73. The molecule has 7 nitrogen and oxygen atoms in total. The molecule has 0 aromatic heterocycles. The molecular formula is C59H80O7. The number of aliphatic hydroxyl groups excluding tert-OH is 2. The number of cyclic esters (lactones) is 1. The zero-order valence-corrected chi connectivity index (χ0v) is 40.7. The van der Waals surface area contributed by atoms with Crippen LogP contribution in [0.3, 0.4) is 0 Å². The lowest BCUT2D eigenvalue weighted by Crippen LogP contribution is -2.77. The van der Waals surface area contributed by atoms with Gasteiger partial charge >= 0.3 is 11.9 Å². The van der Waals surface area contributed by atoms with Crippen LogP contribution in [0.1, 0.15) is 161 Å². The fraction of sp³-hybridized carbons (Fsp3) is 0.695. The molecule has 66 heavy (non-hydrogen) atoms. The van der Waals surface area contributed by atoms with Crippen molar-refractivity contribution in [3.05, 3.63) is 83.4 Å². The second-order valence-corrected chi connectivity index (χ2v) is 23.7. The van der Waals surface area contributed by atoms with Gasteiger partial charge in [0.1, 0.15) is 12.7 Å². The summed E-state index contributed by atoms with van der Waals surface area (Å²) in [6.45, 7) is 8.33. The first kappa shape index (κ1) is 47.6. The third kappa shape index (κ3) is 8.88. The molecule has 9 rings (SSSR count). The third-order valence-electron chi connectivity index (χ3n) is 19.9. The summed E-state index contributed by atoms with van der Waals surface area (Å²) in [4.78, 5) is 25.6. The number of aryl methyl sites for hydroxylation is 2. The van der Waals surface area contributed by atoms with Gasteiger partial charge in [-0.15, -0.1) is 5.92 Å². The lowest BCUT2D eigenvalue weighted by Gasteiger charge is -2.70. The van der Waals surface area contributed by atoms with Crippen molar-refractivity contribution in [2.45, 2.75) is 186 Å². The average Bonchev–Trinajstić information content (AvgIpc) is 3.99. The number of carbonyl (C=O) groups excluding carboxylic acids is 2. The Balaban J connectivity index is 1.06. The smallest absolute Gasteiger partial charge is 0.331 e. The van der Waals surface area contributed by atoms with Crippen molar-refractivity contribution < 1.29 is 34.4 Å². The third-order valence-corrected chi connectivity index (χ3v) is 19.9. The molecule has 0 radical (unpaired) electrons. The molecule has 2 aromatic carbocycles. The van der Waals surface area contributed by atoms with Gasteiger partial charge in [-0.25, -0.2) is 4.79 Å². The van der Waals surface area contributed by atoms with E-state index >= 15 is 0 Å². The number of hydrogen-bond acceptors (Lipinski definition) is 7. The Bertz CT molecular complexity index is 2120. The number of carbonyl (C=O) groups is 2. The first-order chi connectivity index (χ1) is 31.7. The summed E-state index contributed by atoms with van der Waals surface area (Å²) in [6, 6.07) is 21.7. The molecule has 7 heteroatoms. The highest BCUT2D eigenvalue weighted by atomic mass is 16.5. The number of aliphatic hydroxyl groups is 3. The van der Waals surface area contributed by atoms with E-state index in [1.807, 2.05) is 6.92 Å². The van der Waals surface area contributed by atoms with E-state index in [-0.39, 0.29) is 42.2 Å². The van der Waals surface area contributed by atoms with Crippen LogP contribution in [0.2, 0.25) is 0 Å². The first-order valence-corrected chi connectivity index (χ1v) is 26.4. The number of hydrogen-bond donors (Lipinski definition) is 3. The Kier molecular flexibility index (Phi) is 13.8. The summed E-state index contributed by atoms with van der Waals surface area (Å²) < 4.78 is 11.8. The Morgan fingerprint density at radius 2 is 1.67 bits per heavy atom. The van der Waals surface area contributed by atoms with E-state index in [2.05, 4.69) is 86.4 Å². The van der Waals surface area contributed by atoms with Crippen LogP contribution in [0.5, 0.6) is 0 Å². The normalized spacial score (nSPS) is 40.0. The maximum atomic E-state index is 13.9. The van der Waals surface area contributed by atoms with Gasteiger partial charge in [-0.3, -0.25) is 4.79 Å². The molecule has 358 valence electrons. The summed E-state index contributed by atoms with van der Waals surface area (Å²) in [6.07, 6.45) is 18.4. The molecule has 0 amide bonds. The Labute approximate surface area is 396 Å². The molecular weight excluding hydrogens is 821 g/mol. The van der Waals surface area contributed by atoms with Gasteiger partial charge in [0.05, 0.1) is 23.2 Å². The van der Waals surface area contributed by atoms with Crippen molar-refractivity contribution in [3.63, 3.8) is 0 Å². The van der Waals surface area contributed by atoms with Gasteiger partial charge in [0, 0.05) is 31.3 Å². The van der Waals surface area contributed by atoms with Crippen LogP contribution >= 0.6 is 0 Å². The van der Waals surface area contributed by atoms with E-state index in [1.54, 1.807) is 6.08 Å². The van der Waals surface area contributed by atoms with Gasteiger partial charge < -0.3 is 24.8 Å². The van der Waals surface area contributed by atoms with Crippen molar-refractivity contribution in [2.75, 3.05) is 6.61 Å². The summed E-state index contributed by atoms with van der Waals surface area (Å²) in [5.41, 5.74) is 0.800. The van der Waals surface area contributed by atoms with Crippen molar-refractivity contribution in [1.82, 2.24) is 0 Å². The van der Waals surface area contributed by atoms with Gasteiger partial charge in [-0.1, -0.05) is 93.8 Å². The minimum absolute atomic E-state index is 0.137. The fourth-order valence-corrected chi connectivity index (χ4v) is 17.0. The molecule has 15 atom stereocenters. The van der Waals surface area contributed by atoms with E-state index in [9.17, 15) is 24.9 Å². The van der Waals surface area contributed by atoms with E-state index in [4.69, 9.17) is 9.47 Å². The highest BCUT2D eigenvalue weighted by Gasteiger charge is 2.75. The molecule has 1 heterocycles. The van der Waals surface area contributed by atoms with Crippen LogP contribution in [-0.4, -0.2) is 57.8 Å². The van der Waals surface area contributed by atoms with E-state index in [0.717, 1.165) is 63.4 Å². The largest absolute Gasteiger partial charge is 0.462 e.